The Morgan fingerprint density at radius 1 is 1.54 bits per heavy atom. The SMILES string of the molecule is CC(C#N)Sc1nnc(N(C)C)s1. The molecule has 0 aliphatic carbocycles. The summed E-state index contributed by atoms with van der Waals surface area (Å²) >= 11 is 2.94. The van der Waals surface area contributed by atoms with Crippen LogP contribution in [0.4, 0.5) is 5.13 Å². The standard InChI is InChI=1S/C7H10N4S2/c1-5(4-8)12-7-10-9-6(13-7)11(2)3/h5H,1-3H3. The summed E-state index contributed by atoms with van der Waals surface area (Å²) in [5.41, 5.74) is 0. The maximum atomic E-state index is 8.59. The van der Waals surface area contributed by atoms with E-state index in [-0.39, 0.29) is 5.25 Å². The highest BCUT2D eigenvalue weighted by Gasteiger charge is 2.09. The lowest BCUT2D eigenvalue weighted by Gasteiger charge is -2.03. The number of rotatable bonds is 3. The summed E-state index contributed by atoms with van der Waals surface area (Å²) in [6.07, 6.45) is 0. The summed E-state index contributed by atoms with van der Waals surface area (Å²) < 4.78 is 0.845. The van der Waals surface area contributed by atoms with Gasteiger partial charge < -0.3 is 4.90 Å². The van der Waals surface area contributed by atoms with Gasteiger partial charge in [-0.05, 0) is 6.92 Å². The van der Waals surface area contributed by atoms with Gasteiger partial charge in [0, 0.05) is 14.1 Å². The summed E-state index contributed by atoms with van der Waals surface area (Å²) in [7, 11) is 3.84. The Balaban J connectivity index is 2.65. The Hall–Kier alpha value is -0.800. The largest absolute Gasteiger partial charge is 0.353 e. The van der Waals surface area contributed by atoms with Crippen molar-refractivity contribution in [3.63, 3.8) is 0 Å². The number of thioether (sulfide) groups is 1. The van der Waals surface area contributed by atoms with E-state index in [9.17, 15) is 0 Å². The molecule has 1 rings (SSSR count). The zero-order valence-corrected chi connectivity index (χ0v) is 9.32. The molecule has 0 radical (unpaired) electrons. The molecule has 1 atom stereocenters. The van der Waals surface area contributed by atoms with E-state index in [4.69, 9.17) is 5.26 Å². The van der Waals surface area contributed by atoms with Gasteiger partial charge in [-0.2, -0.15) is 5.26 Å². The Labute approximate surface area is 85.6 Å². The second-order valence-corrected chi connectivity index (χ2v) is 5.18. The van der Waals surface area contributed by atoms with Crippen LogP contribution in [-0.2, 0) is 0 Å². The topological polar surface area (TPSA) is 52.8 Å². The van der Waals surface area contributed by atoms with Gasteiger partial charge in [-0.15, -0.1) is 10.2 Å². The number of nitrogens with zero attached hydrogens (tertiary/aromatic N) is 4. The third-order valence-electron chi connectivity index (χ3n) is 1.24. The van der Waals surface area contributed by atoms with Gasteiger partial charge >= 0.3 is 0 Å². The van der Waals surface area contributed by atoms with Crippen LogP contribution < -0.4 is 4.90 Å². The maximum Gasteiger partial charge on any atom is 0.208 e. The van der Waals surface area contributed by atoms with E-state index < -0.39 is 0 Å². The quantitative estimate of drug-likeness (QED) is 0.715. The molecule has 1 unspecified atom stereocenters. The lowest BCUT2D eigenvalue weighted by molar-refractivity contribution is 0.971. The average molecular weight is 214 g/mol. The van der Waals surface area contributed by atoms with Gasteiger partial charge in [-0.25, -0.2) is 0 Å². The smallest absolute Gasteiger partial charge is 0.208 e. The Morgan fingerprint density at radius 2 is 2.23 bits per heavy atom. The summed E-state index contributed by atoms with van der Waals surface area (Å²) in [5.74, 6) is 0. The summed E-state index contributed by atoms with van der Waals surface area (Å²) in [6, 6.07) is 2.14. The van der Waals surface area contributed by atoms with Crippen LogP contribution in [0.25, 0.3) is 0 Å². The summed E-state index contributed by atoms with van der Waals surface area (Å²) in [4.78, 5) is 1.90. The second kappa shape index (κ2) is 4.44. The van der Waals surface area contributed by atoms with E-state index in [1.54, 1.807) is 0 Å². The molecule has 0 spiro atoms. The molecule has 0 saturated heterocycles. The van der Waals surface area contributed by atoms with Crippen LogP contribution in [0, 0.1) is 11.3 Å². The number of nitriles is 1. The van der Waals surface area contributed by atoms with Crippen molar-refractivity contribution in [1.29, 1.82) is 5.26 Å². The normalized spacial score (nSPS) is 12.2. The van der Waals surface area contributed by atoms with Gasteiger partial charge in [-0.1, -0.05) is 23.1 Å². The molecule has 0 bridgehead atoms. The number of hydrogen-bond acceptors (Lipinski definition) is 6. The predicted octanol–water partition coefficient (Wildman–Crippen LogP) is 1.61. The van der Waals surface area contributed by atoms with Crippen molar-refractivity contribution in [3.8, 4) is 6.07 Å². The molecular weight excluding hydrogens is 204 g/mol. The van der Waals surface area contributed by atoms with E-state index in [1.807, 2.05) is 25.9 Å². The van der Waals surface area contributed by atoms with Crippen LogP contribution in [0.2, 0.25) is 0 Å². The van der Waals surface area contributed by atoms with E-state index in [2.05, 4.69) is 16.3 Å². The van der Waals surface area contributed by atoms with Crippen LogP contribution in [0.15, 0.2) is 4.34 Å². The van der Waals surface area contributed by atoms with Crippen LogP contribution >= 0.6 is 23.1 Å². The Kier molecular flexibility index (Phi) is 3.51. The third-order valence-corrected chi connectivity index (χ3v) is 3.40. The van der Waals surface area contributed by atoms with Crippen LogP contribution in [0.1, 0.15) is 6.92 Å². The van der Waals surface area contributed by atoms with Crippen molar-refractivity contribution in [2.24, 2.45) is 0 Å². The first-order valence-electron chi connectivity index (χ1n) is 3.70. The molecule has 0 aromatic carbocycles. The van der Waals surface area contributed by atoms with E-state index in [0.717, 1.165) is 9.47 Å². The van der Waals surface area contributed by atoms with Crippen molar-refractivity contribution in [2.45, 2.75) is 16.5 Å². The van der Waals surface area contributed by atoms with Crippen molar-refractivity contribution >= 4 is 28.2 Å². The van der Waals surface area contributed by atoms with Crippen molar-refractivity contribution < 1.29 is 0 Å². The van der Waals surface area contributed by atoms with E-state index in [1.165, 1.54) is 23.1 Å². The highest BCUT2D eigenvalue weighted by molar-refractivity contribution is 8.01. The van der Waals surface area contributed by atoms with Gasteiger partial charge in [-0.3, -0.25) is 0 Å². The van der Waals surface area contributed by atoms with Gasteiger partial charge in [0.15, 0.2) is 4.34 Å². The number of hydrogen-bond donors (Lipinski definition) is 0. The van der Waals surface area contributed by atoms with Crippen LogP contribution in [-0.4, -0.2) is 29.5 Å². The van der Waals surface area contributed by atoms with E-state index >= 15 is 0 Å². The van der Waals surface area contributed by atoms with Crippen molar-refractivity contribution in [2.75, 3.05) is 19.0 Å². The molecule has 70 valence electrons. The summed E-state index contributed by atoms with van der Waals surface area (Å²) in [6.45, 7) is 1.85. The van der Waals surface area contributed by atoms with E-state index in [0.29, 0.717) is 0 Å². The zero-order valence-electron chi connectivity index (χ0n) is 7.68. The molecule has 0 aliphatic heterocycles. The zero-order chi connectivity index (χ0) is 9.84. The van der Waals surface area contributed by atoms with Gasteiger partial charge in [0.2, 0.25) is 5.13 Å². The monoisotopic (exact) mass is 214 g/mol. The molecule has 1 heterocycles. The second-order valence-electron chi connectivity index (χ2n) is 2.63. The van der Waals surface area contributed by atoms with Gasteiger partial charge in [0.25, 0.3) is 0 Å². The minimum absolute atomic E-state index is 0.0667. The molecular formula is C7H10N4S2. The molecule has 0 N–H and O–H groups in total. The molecule has 0 saturated carbocycles. The van der Waals surface area contributed by atoms with Crippen LogP contribution in [0.3, 0.4) is 0 Å². The summed E-state index contributed by atoms with van der Waals surface area (Å²) in [5, 5.41) is 17.3. The minimum Gasteiger partial charge on any atom is -0.353 e. The fourth-order valence-corrected chi connectivity index (χ4v) is 2.40. The lowest BCUT2D eigenvalue weighted by atomic mass is 10.5. The Morgan fingerprint density at radius 3 is 2.69 bits per heavy atom. The number of aromatic nitrogens is 2. The molecule has 0 amide bonds. The maximum absolute atomic E-state index is 8.59. The fraction of sp³-hybridized carbons (Fsp3) is 0.571. The first-order chi connectivity index (χ1) is 6.13. The highest BCUT2D eigenvalue weighted by atomic mass is 32.2. The average Bonchev–Trinajstić information content (AvgIpc) is 2.52. The molecule has 0 fully saturated rings. The lowest BCUT2D eigenvalue weighted by Crippen LogP contribution is -2.07. The van der Waals surface area contributed by atoms with Crippen molar-refractivity contribution in [3.05, 3.63) is 0 Å². The van der Waals surface area contributed by atoms with Crippen LogP contribution in [0.5, 0.6) is 0 Å². The van der Waals surface area contributed by atoms with Crippen molar-refractivity contribution in [1.82, 2.24) is 10.2 Å². The fourth-order valence-electron chi connectivity index (χ4n) is 0.608. The molecule has 4 nitrogen and oxygen atoms in total. The molecule has 1 aromatic heterocycles. The predicted molar refractivity (Wildman–Crippen MR) is 55.2 cm³/mol. The third kappa shape index (κ3) is 2.86. The minimum atomic E-state index is -0.0667. The molecule has 6 heteroatoms. The van der Waals surface area contributed by atoms with Gasteiger partial charge in [0.05, 0.1) is 11.3 Å². The Bertz CT molecular complexity index is 315. The first-order valence-corrected chi connectivity index (χ1v) is 5.40. The first kappa shape index (κ1) is 10.3. The van der Waals surface area contributed by atoms with Gasteiger partial charge in [0.1, 0.15) is 0 Å². The molecule has 13 heavy (non-hydrogen) atoms. The number of anilines is 1. The molecule has 1 aromatic rings. The molecule has 0 aliphatic rings. The highest BCUT2D eigenvalue weighted by Crippen LogP contribution is 2.29.